The fourth-order valence-corrected chi connectivity index (χ4v) is 3.87. The number of hydrogen-bond acceptors (Lipinski definition) is 0. The zero-order valence-electron chi connectivity index (χ0n) is 18.7. The van der Waals surface area contributed by atoms with E-state index in [4.69, 9.17) is 0 Å². The molecule has 4 aromatic carbocycles. The Hall–Kier alpha value is -3.59. The molecule has 166 valence electrons. The predicted molar refractivity (Wildman–Crippen MR) is 131 cm³/mol. The van der Waals surface area contributed by atoms with Crippen LogP contribution in [0.25, 0.3) is 34.4 Å². The minimum Gasteiger partial charge on any atom is -0.206 e. The Labute approximate surface area is 193 Å². The standard InChI is InChI=1S/C30H25F3/c1-3-4-21-6-13-24(14-7-21)27-18-16-25(29(32)30(27)33)15-10-22-8-11-23(12-9-22)26-17-5-20(2)19-28(26)31/h5-19H,3-4H2,1-2H3. The fraction of sp³-hybridized carbons (Fsp3) is 0.133. The lowest BCUT2D eigenvalue weighted by Crippen LogP contribution is -1.94. The van der Waals surface area contributed by atoms with Crippen molar-refractivity contribution in [3.05, 3.63) is 119 Å². The van der Waals surface area contributed by atoms with E-state index in [2.05, 4.69) is 6.92 Å². The van der Waals surface area contributed by atoms with E-state index < -0.39 is 11.6 Å². The van der Waals surface area contributed by atoms with E-state index in [0.717, 1.165) is 29.5 Å². The Balaban J connectivity index is 1.54. The molecule has 0 aliphatic rings. The molecule has 0 aliphatic carbocycles. The zero-order chi connectivity index (χ0) is 23.4. The maximum Gasteiger partial charge on any atom is 0.167 e. The van der Waals surface area contributed by atoms with Crippen molar-refractivity contribution in [2.75, 3.05) is 0 Å². The van der Waals surface area contributed by atoms with E-state index in [-0.39, 0.29) is 16.9 Å². The van der Waals surface area contributed by atoms with Gasteiger partial charge >= 0.3 is 0 Å². The molecule has 0 saturated heterocycles. The largest absolute Gasteiger partial charge is 0.206 e. The van der Waals surface area contributed by atoms with E-state index in [0.29, 0.717) is 11.1 Å². The molecule has 0 atom stereocenters. The van der Waals surface area contributed by atoms with Gasteiger partial charge in [-0.25, -0.2) is 13.2 Å². The first-order valence-electron chi connectivity index (χ1n) is 11.1. The molecule has 0 nitrogen and oxygen atoms in total. The molecule has 0 amide bonds. The van der Waals surface area contributed by atoms with Crippen LogP contribution in [0.15, 0.2) is 78.9 Å². The van der Waals surface area contributed by atoms with Gasteiger partial charge in [-0.05, 0) is 47.2 Å². The maximum absolute atomic E-state index is 14.8. The highest BCUT2D eigenvalue weighted by atomic mass is 19.2. The Bertz CT molecular complexity index is 1280. The predicted octanol–water partition coefficient (Wildman–Crippen LogP) is 8.87. The average Bonchev–Trinajstić information content (AvgIpc) is 2.81. The summed E-state index contributed by atoms with van der Waals surface area (Å²) in [6.45, 7) is 3.95. The van der Waals surface area contributed by atoms with Crippen molar-refractivity contribution in [2.45, 2.75) is 26.7 Å². The van der Waals surface area contributed by atoms with Crippen molar-refractivity contribution in [2.24, 2.45) is 0 Å². The molecule has 0 fully saturated rings. The first kappa shape index (κ1) is 22.6. The number of rotatable bonds is 6. The zero-order valence-corrected chi connectivity index (χ0v) is 18.7. The highest BCUT2D eigenvalue weighted by Crippen LogP contribution is 2.28. The number of benzene rings is 4. The third-order valence-corrected chi connectivity index (χ3v) is 5.72. The smallest absolute Gasteiger partial charge is 0.167 e. The molecule has 0 N–H and O–H groups in total. The molecule has 0 heterocycles. The van der Waals surface area contributed by atoms with Gasteiger partial charge < -0.3 is 0 Å². The van der Waals surface area contributed by atoms with Crippen molar-refractivity contribution >= 4 is 12.2 Å². The molecule has 0 saturated carbocycles. The van der Waals surface area contributed by atoms with Crippen LogP contribution in [0.3, 0.4) is 0 Å². The van der Waals surface area contributed by atoms with Crippen LogP contribution >= 0.6 is 0 Å². The minimum atomic E-state index is -0.875. The summed E-state index contributed by atoms with van der Waals surface area (Å²) in [4.78, 5) is 0. The molecule has 4 aromatic rings. The molecule has 0 unspecified atom stereocenters. The molecule has 3 heteroatoms. The highest BCUT2D eigenvalue weighted by Gasteiger charge is 2.13. The van der Waals surface area contributed by atoms with Crippen LogP contribution < -0.4 is 0 Å². The Morgan fingerprint density at radius 3 is 1.97 bits per heavy atom. The summed E-state index contributed by atoms with van der Waals surface area (Å²) in [5, 5.41) is 0. The summed E-state index contributed by atoms with van der Waals surface area (Å²) in [5.41, 5.74) is 5.22. The molecule has 0 aromatic heterocycles. The first-order valence-corrected chi connectivity index (χ1v) is 11.1. The van der Waals surface area contributed by atoms with E-state index >= 15 is 0 Å². The van der Waals surface area contributed by atoms with Crippen molar-refractivity contribution in [3.8, 4) is 22.3 Å². The summed E-state index contributed by atoms with van der Waals surface area (Å²) in [7, 11) is 0. The van der Waals surface area contributed by atoms with Gasteiger partial charge in [0.15, 0.2) is 11.6 Å². The molecule has 0 aliphatic heterocycles. The second-order valence-electron chi connectivity index (χ2n) is 8.22. The molecular weight excluding hydrogens is 417 g/mol. The van der Waals surface area contributed by atoms with Crippen molar-refractivity contribution < 1.29 is 13.2 Å². The lowest BCUT2D eigenvalue weighted by atomic mass is 9.99. The summed E-state index contributed by atoms with van der Waals surface area (Å²) < 4.78 is 43.7. The molecule has 0 spiro atoms. The van der Waals surface area contributed by atoms with Crippen LogP contribution in [0.2, 0.25) is 0 Å². The molecule has 0 bridgehead atoms. The van der Waals surface area contributed by atoms with Gasteiger partial charge in [-0.15, -0.1) is 0 Å². The Kier molecular flexibility index (Phi) is 6.79. The van der Waals surface area contributed by atoms with E-state index in [1.54, 1.807) is 30.4 Å². The molecule has 4 rings (SSSR count). The van der Waals surface area contributed by atoms with Crippen LogP contribution in [-0.2, 0) is 6.42 Å². The normalized spacial score (nSPS) is 11.3. The SMILES string of the molecule is CCCc1ccc(-c2ccc(C=Cc3ccc(-c4ccc(C)cc4F)cc3)c(F)c2F)cc1. The van der Waals surface area contributed by atoms with Gasteiger partial charge in [0.05, 0.1) is 0 Å². The summed E-state index contributed by atoms with van der Waals surface area (Å²) in [5.74, 6) is -2.00. The topological polar surface area (TPSA) is 0 Å². The van der Waals surface area contributed by atoms with Crippen LogP contribution in [0.5, 0.6) is 0 Å². The van der Waals surface area contributed by atoms with Crippen molar-refractivity contribution in [1.29, 1.82) is 0 Å². The molecular formula is C30H25F3. The van der Waals surface area contributed by atoms with Crippen LogP contribution in [-0.4, -0.2) is 0 Å². The van der Waals surface area contributed by atoms with Gasteiger partial charge in [0.1, 0.15) is 5.82 Å². The van der Waals surface area contributed by atoms with Gasteiger partial charge in [-0.2, -0.15) is 0 Å². The molecule has 0 radical (unpaired) electrons. The minimum absolute atomic E-state index is 0.174. The van der Waals surface area contributed by atoms with E-state index in [1.165, 1.54) is 11.6 Å². The number of aryl methyl sites for hydroxylation is 2. The van der Waals surface area contributed by atoms with Crippen molar-refractivity contribution in [3.63, 3.8) is 0 Å². The quantitative estimate of drug-likeness (QED) is 0.262. The van der Waals surface area contributed by atoms with Gasteiger partial charge in [-0.1, -0.05) is 98.3 Å². The van der Waals surface area contributed by atoms with Gasteiger partial charge in [0.2, 0.25) is 0 Å². The van der Waals surface area contributed by atoms with Crippen LogP contribution in [0.4, 0.5) is 13.2 Å². The highest BCUT2D eigenvalue weighted by molar-refractivity contribution is 5.74. The second-order valence-corrected chi connectivity index (χ2v) is 8.22. The maximum atomic E-state index is 14.8. The summed E-state index contributed by atoms with van der Waals surface area (Å²) in [6.07, 6.45) is 5.26. The molecule has 33 heavy (non-hydrogen) atoms. The second kappa shape index (κ2) is 9.91. The van der Waals surface area contributed by atoms with Crippen LogP contribution in [0, 0.1) is 24.4 Å². The van der Waals surface area contributed by atoms with Gasteiger partial charge in [-0.3, -0.25) is 0 Å². The third kappa shape index (κ3) is 5.09. The van der Waals surface area contributed by atoms with Gasteiger partial charge in [0, 0.05) is 16.7 Å². The summed E-state index contributed by atoms with van der Waals surface area (Å²) >= 11 is 0. The third-order valence-electron chi connectivity index (χ3n) is 5.72. The van der Waals surface area contributed by atoms with Crippen LogP contribution in [0.1, 0.15) is 35.6 Å². The summed E-state index contributed by atoms with van der Waals surface area (Å²) in [6, 6.07) is 23.2. The number of halogens is 3. The average molecular weight is 443 g/mol. The lowest BCUT2D eigenvalue weighted by molar-refractivity contribution is 0.509. The van der Waals surface area contributed by atoms with E-state index in [9.17, 15) is 13.2 Å². The number of hydrogen-bond donors (Lipinski definition) is 0. The van der Waals surface area contributed by atoms with Gasteiger partial charge in [0.25, 0.3) is 0 Å². The lowest BCUT2D eigenvalue weighted by Gasteiger charge is -2.08. The first-order chi connectivity index (χ1) is 16.0. The Morgan fingerprint density at radius 1 is 0.667 bits per heavy atom. The Morgan fingerprint density at radius 2 is 1.30 bits per heavy atom. The monoisotopic (exact) mass is 442 g/mol. The van der Waals surface area contributed by atoms with E-state index in [1.807, 2.05) is 61.5 Å². The van der Waals surface area contributed by atoms with Crippen molar-refractivity contribution in [1.82, 2.24) is 0 Å². The fourth-order valence-electron chi connectivity index (χ4n) is 3.87.